The van der Waals surface area contributed by atoms with E-state index in [0.717, 1.165) is 35.5 Å². The van der Waals surface area contributed by atoms with Gasteiger partial charge in [-0.1, -0.05) is 19.4 Å². The van der Waals surface area contributed by atoms with Gasteiger partial charge in [0.25, 0.3) is 0 Å². The summed E-state index contributed by atoms with van der Waals surface area (Å²) in [5.41, 5.74) is 4.49. The first-order valence-electron chi connectivity index (χ1n) is 6.82. The maximum Gasteiger partial charge on any atom is 0.139 e. The molecule has 3 rings (SSSR count). The van der Waals surface area contributed by atoms with Crippen LogP contribution in [0.1, 0.15) is 24.6 Å². The van der Waals surface area contributed by atoms with E-state index in [0.29, 0.717) is 0 Å². The summed E-state index contributed by atoms with van der Waals surface area (Å²) in [6, 6.07) is 6.30. The zero-order valence-corrected chi connectivity index (χ0v) is 12.5. The SMILES string of the molecule is CCCc1[nH]c(-c2cncc(C)c2)nc1-c1cccs1. The van der Waals surface area contributed by atoms with E-state index >= 15 is 0 Å². The number of aromatic nitrogens is 3. The summed E-state index contributed by atoms with van der Waals surface area (Å²) >= 11 is 1.73. The molecule has 1 N–H and O–H groups in total. The summed E-state index contributed by atoms with van der Waals surface area (Å²) in [7, 11) is 0. The molecule has 20 heavy (non-hydrogen) atoms. The number of aromatic amines is 1. The van der Waals surface area contributed by atoms with E-state index in [-0.39, 0.29) is 0 Å². The summed E-state index contributed by atoms with van der Waals surface area (Å²) < 4.78 is 0. The summed E-state index contributed by atoms with van der Waals surface area (Å²) in [6.07, 6.45) is 5.84. The summed E-state index contributed by atoms with van der Waals surface area (Å²) in [5.74, 6) is 0.910. The molecule has 102 valence electrons. The van der Waals surface area contributed by atoms with Crippen LogP contribution in [-0.2, 0) is 6.42 Å². The van der Waals surface area contributed by atoms with Crippen molar-refractivity contribution in [3.63, 3.8) is 0 Å². The Morgan fingerprint density at radius 1 is 1.30 bits per heavy atom. The van der Waals surface area contributed by atoms with Crippen LogP contribution in [0.2, 0.25) is 0 Å². The van der Waals surface area contributed by atoms with Gasteiger partial charge in [-0.05, 0) is 36.4 Å². The number of pyridine rings is 1. The molecule has 0 aliphatic heterocycles. The maximum atomic E-state index is 4.80. The molecule has 3 heterocycles. The third kappa shape index (κ3) is 2.51. The van der Waals surface area contributed by atoms with Crippen LogP contribution < -0.4 is 0 Å². The van der Waals surface area contributed by atoms with E-state index in [1.165, 1.54) is 10.6 Å². The highest BCUT2D eigenvalue weighted by atomic mass is 32.1. The monoisotopic (exact) mass is 283 g/mol. The van der Waals surface area contributed by atoms with E-state index in [9.17, 15) is 0 Å². The second-order valence-corrected chi connectivity index (χ2v) is 5.84. The number of thiophene rings is 1. The molecular weight excluding hydrogens is 266 g/mol. The highest BCUT2D eigenvalue weighted by Crippen LogP contribution is 2.30. The second kappa shape index (κ2) is 5.59. The van der Waals surface area contributed by atoms with Crippen molar-refractivity contribution < 1.29 is 0 Å². The Morgan fingerprint density at radius 3 is 2.90 bits per heavy atom. The van der Waals surface area contributed by atoms with E-state index in [4.69, 9.17) is 4.98 Å². The number of aryl methyl sites for hydroxylation is 2. The number of imidazole rings is 1. The van der Waals surface area contributed by atoms with Crippen LogP contribution >= 0.6 is 11.3 Å². The lowest BCUT2D eigenvalue weighted by Gasteiger charge is -1.97. The van der Waals surface area contributed by atoms with Crippen LogP contribution in [-0.4, -0.2) is 15.0 Å². The Bertz CT molecular complexity index is 698. The third-order valence-electron chi connectivity index (χ3n) is 3.18. The fourth-order valence-electron chi connectivity index (χ4n) is 2.28. The fourth-order valence-corrected chi connectivity index (χ4v) is 3.02. The first-order valence-corrected chi connectivity index (χ1v) is 7.70. The van der Waals surface area contributed by atoms with Crippen molar-refractivity contribution in [2.75, 3.05) is 0 Å². The van der Waals surface area contributed by atoms with Crippen LogP contribution in [0.4, 0.5) is 0 Å². The molecule has 4 heteroatoms. The molecule has 3 nitrogen and oxygen atoms in total. The number of hydrogen-bond donors (Lipinski definition) is 1. The Morgan fingerprint density at radius 2 is 2.20 bits per heavy atom. The van der Waals surface area contributed by atoms with Gasteiger partial charge in [0.1, 0.15) is 11.5 Å². The van der Waals surface area contributed by atoms with Gasteiger partial charge in [0, 0.05) is 23.7 Å². The molecule has 0 amide bonds. The average Bonchev–Trinajstić information content (AvgIpc) is 3.07. The molecule has 3 aromatic heterocycles. The van der Waals surface area contributed by atoms with Gasteiger partial charge >= 0.3 is 0 Å². The van der Waals surface area contributed by atoms with Crippen LogP contribution in [0.3, 0.4) is 0 Å². The topological polar surface area (TPSA) is 41.6 Å². The van der Waals surface area contributed by atoms with Crippen molar-refractivity contribution in [3.05, 3.63) is 47.2 Å². The molecule has 3 aromatic rings. The first kappa shape index (κ1) is 13.1. The molecule has 0 saturated carbocycles. The zero-order valence-electron chi connectivity index (χ0n) is 11.7. The van der Waals surface area contributed by atoms with Crippen molar-refractivity contribution in [2.24, 2.45) is 0 Å². The van der Waals surface area contributed by atoms with Crippen molar-refractivity contribution in [2.45, 2.75) is 26.7 Å². The Kier molecular flexibility index (Phi) is 3.65. The van der Waals surface area contributed by atoms with Crippen LogP contribution in [0.25, 0.3) is 22.0 Å². The minimum absolute atomic E-state index is 0.910. The number of nitrogens with one attached hydrogen (secondary N) is 1. The Labute approximate surface area is 122 Å². The second-order valence-electron chi connectivity index (χ2n) is 4.89. The maximum absolute atomic E-state index is 4.80. The van der Waals surface area contributed by atoms with Gasteiger partial charge in [-0.25, -0.2) is 4.98 Å². The Hall–Kier alpha value is -1.94. The lowest BCUT2D eigenvalue weighted by Crippen LogP contribution is -1.86. The molecular formula is C16H17N3S. The number of rotatable bonds is 4. The molecule has 0 radical (unpaired) electrons. The van der Waals surface area contributed by atoms with Gasteiger partial charge in [-0.15, -0.1) is 11.3 Å². The van der Waals surface area contributed by atoms with Crippen molar-refractivity contribution in [1.29, 1.82) is 0 Å². The first-order chi connectivity index (χ1) is 9.78. The highest BCUT2D eigenvalue weighted by molar-refractivity contribution is 7.13. The van der Waals surface area contributed by atoms with Crippen molar-refractivity contribution in [1.82, 2.24) is 15.0 Å². The van der Waals surface area contributed by atoms with E-state index in [1.807, 2.05) is 19.3 Å². The van der Waals surface area contributed by atoms with Gasteiger partial charge in [-0.2, -0.15) is 0 Å². The zero-order chi connectivity index (χ0) is 13.9. The quantitative estimate of drug-likeness (QED) is 0.768. The molecule has 0 bridgehead atoms. The summed E-state index contributed by atoms with van der Waals surface area (Å²) in [4.78, 5) is 13.7. The van der Waals surface area contributed by atoms with Gasteiger partial charge < -0.3 is 4.98 Å². The molecule has 0 aromatic carbocycles. The van der Waals surface area contributed by atoms with Crippen molar-refractivity contribution in [3.8, 4) is 22.0 Å². The van der Waals surface area contributed by atoms with Crippen LogP contribution in [0, 0.1) is 6.92 Å². The van der Waals surface area contributed by atoms with Crippen LogP contribution in [0.5, 0.6) is 0 Å². The standard InChI is InChI=1S/C16H17N3S/c1-3-5-13-15(14-6-4-7-20-14)19-16(18-13)12-8-11(2)9-17-10-12/h4,6-10H,3,5H2,1-2H3,(H,18,19). The largest absolute Gasteiger partial charge is 0.341 e. The number of hydrogen-bond acceptors (Lipinski definition) is 3. The number of H-pyrrole nitrogens is 1. The molecule has 0 spiro atoms. The minimum Gasteiger partial charge on any atom is -0.341 e. The predicted molar refractivity (Wildman–Crippen MR) is 83.9 cm³/mol. The van der Waals surface area contributed by atoms with Gasteiger partial charge in [0.2, 0.25) is 0 Å². The van der Waals surface area contributed by atoms with Crippen molar-refractivity contribution >= 4 is 11.3 Å². The normalized spacial score (nSPS) is 10.9. The lowest BCUT2D eigenvalue weighted by atomic mass is 10.2. The molecule has 0 saturated heterocycles. The predicted octanol–water partition coefficient (Wildman–Crippen LogP) is 4.46. The third-order valence-corrected chi connectivity index (χ3v) is 4.06. The Balaban J connectivity index is 2.07. The van der Waals surface area contributed by atoms with E-state index < -0.39 is 0 Å². The van der Waals surface area contributed by atoms with Gasteiger partial charge in [0.05, 0.1) is 4.88 Å². The van der Waals surface area contributed by atoms with E-state index in [1.54, 1.807) is 11.3 Å². The smallest absolute Gasteiger partial charge is 0.139 e. The highest BCUT2D eigenvalue weighted by Gasteiger charge is 2.13. The molecule has 0 fully saturated rings. The number of nitrogens with zero attached hydrogens (tertiary/aromatic N) is 2. The summed E-state index contributed by atoms with van der Waals surface area (Å²) in [6.45, 7) is 4.24. The molecule has 0 aliphatic carbocycles. The lowest BCUT2D eigenvalue weighted by molar-refractivity contribution is 0.895. The molecule has 0 atom stereocenters. The van der Waals surface area contributed by atoms with Crippen LogP contribution in [0.15, 0.2) is 36.0 Å². The molecule has 0 unspecified atom stereocenters. The van der Waals surface area contributed by atoms with Gasteiger partial charge in [-0.3, -0.25) is 4.98 Å². The summed E-state index contributed by atoms with van der Waals surface area (Å²) in [5, 5.41) is 2.09. The molecule has 0 aliphatic rings. The van der Waals surface area contributed by atoms with E-state index in [2.05, 4.69) is 40.5 Å². The van der Waals surface area contributed by atoms with Gasteiger partial charge in [0.15, 0.2) is 0 Å². The average molecular weight is 283 g/mol. The fraction of sp³-hybridized carbons (Fsp3) is 0.250. The minimum atomic E-state index is 0.910.